The Bertz CT molecular complexity index is 1280. The van der Waals surface area contributed by atoms with Crippen LogP contribution in [-0.4, -0.2) is 28.9 Å². The highest BCUT2D eigenvalue weighted by Gasteiger charge is 2.09. The number of ether oxygens (including phenoxy) is 2. The molecule has 0 saturated heterocycles. The molecule has 7 nitrogen and oxygen atoms in total. The van der Waals surface area contributed by atoms with Crippen LogP contribution in [0.5, 0.6) is 11.5 Å². The molecule has 172 valence electrons. The van der Waals surface area contributed by atoms with Crippen LogP contribution in [0.4, 0.5) is 0 Å². The molecule has 0 radical (unpaired) electrons. The molecular weight excluding hydrogens is 475 g/mol. The molecule has 0 bridgehead atoms. The van der Waals surface area contributed by atoms with Gasteiger partial charge < -0.3 is 9.47 Å². The van der Waals surface area contributed by atoms with Crippen molar-refractivity contribution >= 4 is 35.3 Å². The summed E-state index contributed by atoms with van der Waals surface area (Å²) in [5.41, 5.74) is 5.67. The number of hydrazone groups is 1. The molecule has 4 rings (SSSR count). The normalized spacial score (nSPS) is 10.9. The molecule has 2 N–H and O–H groups in total. The van der Waals surface area contributed by atoms with E-state index in [0.29, 0.717) is 39.4 Å². The van der Waals surface area contributed by atoms with E-state index in [9.17, 15) is 4.79 Å². The van der Waals surface area contributed by atoms with Crippen LogP contribution < -0.4 is 14.9 Å². The Morgan fingerprint density at radius 3 is 2.44 bits per heavy atom. The molecule has 34 heavy (non-hydrogen) atoms. The molecule has 0 spiro atoms. The Hall–Kier alpha value is -3.81. The minimum Gasteiger partial charge on any atom is -0.489 e. The highest BCUT2D eigenvalue weighted by molar-refractivity contribution is 6.42. The van der Waals surface area contributed by atoms with E-state index in [-0.39, 0.29) is 6.61 Å². The molecule has 0 atom stereocenters. The maximum atomic E-state index is 12.1. The smallest absolute Gasteiger partial charge is 0.277 e. The van der Waals surface area contributed by atoms with Crippen molar-refractivity contribution < 1.29 is 14.3 Å². The number of nitrogens with one attached hydrogen (secondary N) is 2. The molecule has 9 heteroatoms. The largest absolute Gasteiger partial charge is 0.489 e. The number of amides is 1. The second-order valence-electron chi connectivity index (χ2n) is 7.16. The number of halogens is 2. The number of aromatic amines is 1. The van der Waals surface area contributed by atoms with Gasteiger partial charge in [-0.2, -0.15) is 10.2 Å². The first-order valence-corrected chi connectivity index (χ1v) is 11.0. The lowest BCUT2D eigenvalue weighted by Crippen LogP contribution is -2.24. The summed E-state index contributed by atoms with van der Waals surface area (Å²) >= 11 is 12.1. The third-order valence-electron chi connectivity index (χ3n) is 4.71. The van der Waals surface area contributed by atoms with Crippen molar-refractivity contribution in [1.29, 1.82) is 0 Å². The number of H-pyrrole nitrogens is 1. The van der Waals surface area contributed by atoms with Gasteiger partial charge in [-0.1, -0.05) is 59.6 Å². The van der Waals surface area contributed by atoms with Crippen molar-refractivity contribution in [3.05, 3.63) is 100 Å². The molecule has 4 aromatic rings. The van der Waals surface area contributed by atoms with Gasteiger partial charge in [-0.25, -0.2) is 5.43 Å². The second-order valence-corrected chi connectivity index (χ2v) is 7.97. The summed E-state index contributed by atoms with van der Waals surface area (Å²) in [6.45, 7) is 0.289. The van der Waals surface area contributed by atoms with Gasteiger partial charge in [-0.05, 0) is 42.0 Å². The molecular formula is C25H20Cl2N4O3. The van der Waals surface area contributed by atoms with Gasteiger partial charge in [0.2, 0.25) is 0 Å². The minimum atomic E-state index is -0.403. The fraction of sp³-hybridized carbons (Fsp3) is 0.0800. The number of rotatable bonds is 9. The fourth-order valence-electron chi connectivity index (χ4n) is 3.00. The molecule has 1 aromatic heterocycles. The molecule has 1 amide bonds. The van der Waals surface area contributed by atoms with E-state index in [0.717, 1.165) is 11.1 Å². The lowest BCUT2D eigenvalue weighted by atomic mass is 10.1. The van der Waals surface area contributed by atoms with Crippen LogP contribution in [0.2, 0.25) is 10.0 Å². The molecule has 0 aliphatic rings. The van der Waals surface area contributed by atoms with Crippen LogP contribution >= 0.6 is 23.2 Å². The average Bonchev–Trinajstić information content (AvgIpc) is 3.33. The third-order valence-corrected chi connectivity index (χ3v) is 5.45. The Labute approximate surface area is 206 Å². The van der Waals surface area contributed by atoms with Gasteiger partial charge in [0.1, 0.15) is 18.1 Å². The average molecular weight is 495 g/mol. The zero-order chi connectivity index (χ0) is 23.8. The Morgan fingerprint density at radius 1 is 0.971 bits per heavy atom. The molecule has 0 aliphatic carbocycles. The summed E-state index contributed by atoms with van der Waals surface area (Å²) in [4.78, 5) is 12.1. The highest BCUT2D eigenvalue weighted by atomic mass is 35.5. The number of aromatic nitrogens is 2. The summed E-state index contributed by atoms with van der Waals surface area (Å²) in [7, 11) is 0. The molecule has 0 saturated carbocycles. The monoisotopic (exact) mass is 494 g/mol. The third kappa shape index (κ3) is 6.37. The Kier molecular flexibility index (Phi) is 7.80. The van der Waals surface area contributed by atoms with Crippen molar-refractivity contribution in [2.45, 2.75) is 6.61 Å². The van der Waals surface area contributed by atoms with Crippen molar-refractivity contribution in [3.8, 4) is 22.8 Å². The number of nitrogens with zero attached hydrogens (tertiary/aromatic N) is 2. The number of benzene rings is 3. The van der Waals surface area contributed by atoms with Crippen LogP contribution in [0.3, 0.4) is 0 Å². The maximum Gasteiger partial charge on any atom is 0.277 e. The van der Waals surface area contributed by atoms with E-state index in [4.69, 9.17) is 32.7 Å². The first kappa shape index (κ1) is 23.4. The van der Waals surface area contributed by atoms with Crippen LogP contribution in [-0.2, 0) is 11.4 Å². The van der Waals surface area contributed by atoms with Crippen molar-refractivity contribution in [1.82, 2.24) is 15.6 Å². The lowest BCUT2D eigenvalue weighted by molar-refractivity contribution is -0.123. The molecule has 0 fully saturated rings. The Morgan fingerprint density at radius 2 is 1.71 bits per heavy atom. The predicted molar refractivity (Wildman–Crippen MR) is 132 cm³/mol. The summed E-state index contributed by atoms with van der Waals surface area (Å²) in [5.74, 6) is 0.853. The van der Waals surface area contributed by atoms with E-state index >= 15 is 0 Å². The van der Waals surface area contributed by atoms with Gasteiger partial charge in [0, 0.05) is 11.1 Å². The lowest BCUT2D eigenvalue weighted by Gasteiger charge is -2.08. The first-order valence-electron chi connectivity index (χ1n) is 10.3. The predicted octanol–water partition coefficient (Wildman–Crippen LogP) is 5.49. The van der Waals surface area contributed by atoms with E-state index in [1.165, 1.54) is 6.21 Å². The van der Waals surface area contributed by atoms with Crippen molar-refractivity contribution in [2.75, 3.05) is 6.61 Å². The van der Waals surface area contributed by atoms with Gasteiger partial charge in [-0.3, -0.25) is 9.89 Å². The molecule has 3 aromatic carbocycles. The van der Waals surface area contributed by atoms with E-state index in [2.05, 4.69) is 20.7 Å². The fourth-order valence-corrected chi connectivity index (χ4v) is 3.30. The number of carbonyl (C=O) groups excluding carboxylic acids is 1. The maximum absolute atomic E-state index is 12.1. The molecule has 1 heterocycles. The van der Waals surface area contributed by atoms with Gasteiger partial charge in [0.15, 0.2) is 6.61 Å². The summed E-state index contributed by atoms with van der Waals surface area (Å²) in [6, 6.07) is 22.2. The number of hydrogen-bond donors (Lipinski definition) is 2. The highest BCUT2D eigenvalue weighted by Crippen LogP contribution is 2.28. The first-order chi connectivity index (χ1) is 16.6. The van der Waals surface area contributed by atoms with Gasteiger partial charge in [-0.15, -0.1) is 0 Å². The van der Waals surface area contributed by atoms with Crippen LogP contribution in [0, 0.1) is 0 Å². The summed E-state index contributed by atoms with van der Waals surface area (Å²) < 4.78 is 11.2. The van der Waals surface area contributed by atoms with Gasteiger partial charge in [0.05, 0.1) is 28.2 Å². The quantitative estimate of drug-likeness (QED) is 0.237. The standard InChI is InChI=1S/C25H20Cl2N4O3/c26-22-11-6-18(12-23(22)27)25-19(14-29-31-25)13-28-30-24(32)16-34-21-9-7-20(8-10-21)33-15-17-4-2-1-3-5-17/h1-14H,15-16H2,(H,29,31)(H,30,32)/b28-13+. The zero-order valence-electron chi connectivity index (χ0n) is 17.9. The summed E-state index contributed by atoms with van der Waals surface area (Å²) in [5, 5.41) is 11.8. The zero-order valence-corrected chi connectivity index (χ0v) is 19.4. The van der Waals surface area contributed by atoms with Crippen LogP contribution in [0.25, 0.3) is 11.3 Å². The summed E-state index contributed by atoms with van der Waals surface area (Å²) in [6.07, 6.45) is 3.07. The second kappa shape index (κ2) is 11.4. The van der Waals surface area contributed by atoms with Crippen molar-refractivity contribution in [2.24, 2.45) is 5.10 Å². The van der Waals surface area contributed by atoms with Crippen LogP contribution in [0.15, 0.2) is 84.1 Å². The van der Waals surface area contributed by atoms with Gasteiger partial charge in [0.25, 0.3) is 5.91 Å². The van der Waals surface area contributed by atoms with E-state index in [1.54, 1.807) is 42.6 Å². The van der Waals surface area contributed by atoms with Crippen LogP contribution in [0.1, 0.15) is 11.1 Å². The Balaban J connectivity index is 1.25. The minimum absolute atomic E-state index is 0.188. The number of hydrogen-bond acceptors (Lipinski definition) is 5. The van der Waals surface area contributed by atoms with Gasteiger partial charge >= 0.3 is 0 Å². The SMILES string of the molecule is O=C(COc1ccc(OCc2ccccc2)cc1)N/N=C/c1cn[nH]c1-c1ccc(Cl)c(Cl)c1. The van der Waals surface area contributed by atoms with E-state index < -0.39 is 5.91 Å². The van der Waals surface area contributed by atoms with Crippen molar-refractivity contribution in [3.63, 3.8) is 0 Å². The molecule has 0 unspecified atom stereocenters. The number of carbonyl (C=O) groups is 1. The topological polar surface area (TPSA) is 88.6 Å². The molecule has 0 aliphatic heterocycles. The van der Waals surface area contributed by atoms with E-state index in [1.807, 2.05) is 36.4 Å².